The summed E-state index contributed by atoms with van der Waals surface area (Å²) in [7, 11) is -1.62. The summed E-state index contributed by atoms with van der Waals surface area (Å²) in [4.78, 5) is 26.9. The van der Waals surface area contributed by atoms with Crippen LogP contribution in [0.3, 0.4) is 0 Å². The molecule has 40 heavy (non-hydrogen) atoms. The molecule has 4 nitrogen and oxygen atoms in total. The van der Waals surface area contributed by atoms with Gasteiger partial charge in [-0.05, 0) is 49.9 Å². The average molecular weight is 567 g/mol. The van der Waals surface area contributed by atoms with E-state index in [1.807, 2.05) is 72.8 Å². The van der Waals surface area contributed by atoms with E-state index in [9.17, 15) is 9.59 Å². The lowest BCUT2D eigenvalue weighted by atomic mass is 9.90. The number of hydrogen-bond acceptors (Lipinski definition) is 2. The average Bonchev–Trinajstić information content (AvgIpc) is 3.01. The second-order valence-corrected chi connectivity index (χ2v) is 14.6. The molecule has 2 N–H and O–H groups in total. The Balaban J connectivity index is 1.25. The molecule has 1 aliphatic carbocycles. The third-order valence-electron chi connectivity index (χ3n) is 7.33. The van der Waals surface area contributed by atoms with Gasteiger partial charge in [-0.15, -0.1) is 0 Å². The van der Waals surface area contributed by atoms with Gasteiger partial charge in [-0.3, -0.25) is 9.59 Å². The van der Waals surface area contributed by atoms with Crippen LogP contribution in [0, 0.1) is 0 Å². The van der Waals surface area contributed by atoms with Crippen molar-refractivity contribution in [3.63, 3.8) is 0 Å². The summed E-state index contributed by atoms with van der Waals surface area (Å²) >= 11 is 0. The summed E-state index contributed by atoms with van der Waals surface area (Å²) in [5.41, 5.74) is 0. The summed E-state index contributed by atoms with van der Waals surface area (Å²) in [6, 6.07) is 41.2. The molecular formula is C34H36N2O2P2. The van der Waals surface area contributed by atoms with Gasteiger partial charge in [-0.25, -0.2) is 0 Å². The van der Waals surface area contributed by atoms with Crippen molar-refractivity contribution >= 4 is 48.9 Å². The fourth-order valence-corrected chi connectivity index (χ4v) is 9.58. The van der Waals surface area contributed by atoms with Crippen molar-refractivity contribution in [1.82, 2.24) is 10.6 Å². The lowest BCUT2D eigenvalue weighted by Gasteiger charge is -2.33. The molecule has 1 fully saturated rings. The van der Waals surface area contributed by atoms with Crippen LogP contribution >= 0.6 is 15.8 Å². The molecule has 6 heteroatoms. The van der Waals surface area contributed by atoms with Crippen LogP contribution in [0.4, 0.5) is 0 Å². The van der Waals surface area contributed by atoms with Crippen LogP contribution in [0.5, 0.6) is 0 Å². The monoisotopic (exact) mass is 566 g/mol. The molecule has 1 saturated carbocycles. The lowest BCUT2D eigenvalue weighted by molar-refractivity contribution is -0.122. The first kappa shape index (κ1) is 28.2. The van der Waals surface area contributed by atoms with Crippen LogP contribution in [0.25, 0.3) is 0 Å². The third-order valence-corrected chi connectivity index (χ3v) is 12.2. The van der Waals surface area contributed by atoms with Crippen LogP contribution in [0.1, 0.15) is 25.7 Å². The molecule has 0 radical (unpaired) electrons. The minimum atomic E-state index is -0.808. The molecule has 2 amide bonds. The predicted molar refractivity (Wildman–Crippen MR) is 170 cm³/mol. The zero-order valence-electron chi connectivity index (χ0n) is 22.7. The Bertz CT molecular complexity index is 1170. The second-order valence-electron chi connectivity index (χ2n) is 10.1. The molecule has 4 aromatic rings. The fourth-order valence-electron chi connectivity index (χ4n) is 5.36. The van der Waals surface area contributed by atoms with E-state index in [1.165, 1.54) is 21.2 Å². The van der Waals surface area contributed by atoms with Gasteiger partial charge in [0.25, 0.3) is 0 Å². The highest BCUT2D eigenvalue weighted by Crippen LogP contribution is 2.34. The van der Waals surface area contributed by atoms with Crippen LogP contribution in [0.2, 0.25) is 0 Å². The zero-order chi connectivity index (χ0) is 27.6. The molecule has 0 aliphatic heterocycles. The van der Waals surface area contributed by atoms with Gasteiger partial charge < -0.3 is 10.6 Å². The Morgan fingerprint density at radius 2 is 0.775 bits per heavy atom. The molecule has 0 bridgehead atoms. The quantitative estimate of drug-likeness (QED) is 0.271. The zero-order valence-corrected chi connectivity index (χ0v) is 24.4. The van der Waals surface area contributed by atoms with Gasteiger partial charge in [0.1, 0.15) is 0 Å². The van der Waals surface area contributed by atoms with Gasteiger partial charge in [0, 0.05) is 12.1 Å². The van der Waals surface area contributed by atoms with E-state index in [1.54, 1.807) is 0 Å². The lowest BCUT2D eigenvalue weighted by Crippen LogP contribution is -2.54. The molecule has 4 aromatic carbocycles. The van der Waals surface area contributed by atoms with Crippen molar-refractivity contribution in [3.05, 3.63) is 121 Å². The highest BCUT2D eigenvalue weighted by atomic mass is 31.1. The summed E-state index contributed by atoms with van der Waals surface area (Å²) < 4.78 is 0. The van der Waals surface area contributed by atoms with Gasteiger partial charge >= 0.3 is 0 Å². The van der Waals surface area contributed by atoms with E-state index in [0.717, 1.165) is 25.7 Å². The molecule has 1 aliphatic rings. The van der Waals surface area contributed by atoms with E-state index in [-0.39, 0.29) is 23.9 Å². The van der Waals surface area contributed by atoms with Gasteiger partial charge in [-0.2, -0.15) is 0 Å². The van der Waals surface area contributed by atoms with Gasteiger partial charge in [0.2, 0.25) is 11.8 Å². The molecular weight excluding hydrogens is 530 g/mol. The van der Waals surface area contributed by atoms with Crippen LogP contribution < -0.4 is 31.9 Å². The molecule has 0 saturated heterocycles. The van der Waals surface area contributed by atoms with Gasteiger partial charge in [-0.1, -0.05) is 134 Å². The molecule has 204 valence electrons. The number of carbonyl (C=O) groups is 2. The fraction of sp³-hybridized carbons (Fsp3) is 0.235. The van der Waals surface area contributed by atoms with E-state index in [4.69, 9.17) is 0 Å². The topological polar surface area (TPSA) is 58.2 Å². The highest BCUT2D eigenvalue weighted by molar-refractivity contribution is 7.74. The Morgan fingerprint density at radius 1 is 0.500 bits per heavy atom. The standard InChI is InChI=1S/C34H36N2O2P2/c37-33(25-39(27-15-5-1-6-16-27)28-17-7-2-8-18-28)35-31-23-13-14-24-32(31)36-34(38)26-40(29-19-9-3-10-20-29)30-21-11-4-12-22-30/h1-12,15-22,31-32H,13-14,23-26H2,(H,35,37)(H,36,38)/t31-,32-/m0/s1. The largest absolute Gasteiger partial charge is 0.351 e. The number of nitrogens with one attached hydrogen (secondary N) is 2. The molecule has 2 atom stereocenters. The Hall–Kier alpha value is -3.32. The van der Waals surface area contributed by atoms with Crippen molar-refractivity contribution in [2.45, 2.75) is 37.8 Å². The first-order chi connectivity index (χ1) is 19.7. The van der Waals surface area contributed by atoms with Crippen molar-refractivity contribution in [3.8, 4) is 0 Å². The molecule has 5 rings (SSSR count). The number of benzene rings is 4. The molecule has 0 unspecified atom stereocenters. The van der Waals surface area contributed by atoms with Crippen molar-refractivity contribution in [1.29, 1.82) is 0 Å². The summed E-state index contributed by atoms with van der Waals surface area (Å²) in [5.74, 6) is 0.113. The molecule has 0 spiro atoms. The summed E-state index contributed by atoms with van der Waals surface area (Å²) in [5, 5.41) is 11.4. The highest BCUT2D eigenvalue weighted by Gasteiger charge is 2.30. The van der Waals surface area contributed by atoms with Crippen molar-refractivity contribution < 1.29 is 9.59 Å². The Labute approximate surface area is 240 Å². The van der Waals surface area contributed by atoms with Gasteiger partial charge in [0.05, 0.1) is 12.3 Å². The Kier molecular flexibility index (Phi) is 10.1. The minimum Gasteiger partial charge on any atom is -0.351 e. The number of carbonyl (C=O) groups excluding carboxylic acids is 2. The van der Waals surface area contributed by atoms with E-state index in [2.05, 4.69) is 59.2 Å². The van der Waals surface area contributed by atoms with Gasteiger partial charge in [0.15, 0.2) is 0 Å². The summed E-state index contributed by atoms with van der Waals surface area (Å²) in [6.45, 7) is 0. The smallest absolute Gasteiger partial charge is 0.225 e. The van der Waals surface area contributed by atoms with Crippen LogP contribution in [0.15, 0.2) is 121 Å². The van der Waals surface area contributed by atoms with E-state index in [0.29, 0.717) is 12.3 Å². The predicted octanol–water partition coefficient (Wildman–Crippen LogP) is 4.80. The number of amides is 2. The first-order valence-corrected chi connectivity index (χ1v) is 17.1. The van der Waals surface area contributed by atoms with Crippen LogP contribution in [-0.4, -0.2) is 36.2 Å². The maximum absolute atomic E-state index is 13.4. The maximum atomic E-state index is 13.4. The first-order valence-electron chi connectivity index (χ1n) is 14.0. The SMILES string of the molecule is O=C(CP(c1ccccc1)c1ccccc1)N[C@H]1CCCC[C@@H]1NC(=O)CP(c1ccccc1)c1ccccc1. The van der Waals surface area contributed by atoms with Crippen molar-refractivity contribution in [2.24, 2.45) is 0 Å². The minimum absolute atomic E-state index is 0.0479. The summed E-state index contributed by atoms with van der Waals surface area (Å²) in [6.07, 6.45) is 4.77. The van der Waals surface area contributed by atoms with Crippen molar-refractivity contribution in [2.75, 3.05) is 12.3 Å². The number of hydrogen-bond donors (Lipinski definition) is 2. The second kappa shape index (κ2) is 14.4. The molecule has 0 heterocycles. The normalized spacial score (nSPS) is 16.9. The third kappa shape index (κ3) is 7.66. The Morgan fingerprint density at radius 3 is 1.05 bits per heavy atom. The maximum Gasteiger partial charge on any atom is 0.225 e. The van der Waals surface area contributed by atoms with E-state index < -0.39 is 15.8 Å². The van der Waals surface area contributed by atoms with Crippen LogP contribution in [-0.2, 0) is 9.59 Å². The molecule has 0 aromatic heterocycles. The number of rotatable bonds is 10. The van der Waals surface area contributed by atoms with E-state index >= 15 is 0 Å².